The fourth-order valence-corrected chi connectivity index (χ4v) is 5.70. The van der Waals surface area contributed by atoms with Gasteiger partial charge in [-0.05, 0) is 24.3 Å². The van der Waals surface area contributed by atoms with Crippen LogP contribution < -0.4 is 11.2 Å². The van der Waals surface area contributed by atoms with Crippen molar-refractivity contribution in [2.24, 2.45) is 13.0 Å². The fraction of sp³-hybridized carbons (Fsp3) is 0.364. The number of hydroxylamine groups is 2. The summed E-state index contributed by atoms with van der Waals surface area (Å²) in [6.45, 7) is 4.41. The second-order valence-electron chi connectivity index (χ2n) is 8.02. The van der Waals surface area contributed by atoms with Gasteiger partial charge in [0.05, 0.1) is 29.1 Å². The number of aromatic nitrogens is 4. The summed E-state index contributed by atoms with van der Waals surface area (Å²) in [5.74, 6) is -0.319. The Morgan fingerprint density at radius 1 is 1.27 bits per heavy atom. The van der Waals surface area contributed by atoms with Crippen LogP contribution in [0.25, 0.3) is 26.3 Å². The van der Waals surface area contributed by atoms with Crippen LogP contribution in [-0.2, 0) is 18.4 Å². The largest absolute Gasteiger partial charge is 0.331 e. The number of rotatable bonds is 6. The molecule has 9 nitrogen and oxygen atoms in total. The molecule has 3 aromatic heterocycles. The van der Waals surface area contributed by atoms with Gasteiger partial charge in [0.15, 0.2) is 5.16 Å². The average Bonchev–Trinajstić information content (AvgIpc) is 3.37. The van der Waals surface area contributed by atoms with Crippen molar-refractivity contribution >= 4 is 50.3 Å². The summed E-state index contributed by atoms with van der Waals surface area (Å²) in [6, 6.07) is 7.61. The third-order valence-corrected chi connectivity index (χ3v) is 7.23. The summed E-state index contributed by atoms with van der Waals surface area (Å²) in [7, 11) is 4.32. The van der Waals surface area contributed by atoms with E-state index in [4.69, 9.17) is 9.82 Å². The van der Waals surface area contributed by atoms with Gasteiger partial charge in [0, 0.05) is 20.6 Å². The molecule has 1 amide bonds. The number of thioether (sulfide) groups is 1. The molecule has 0 spiro atoms. The number of hydrogen-bond acceptors (Lipinski definition) is 7. The van der Waals surface area contributed by atoms with Gasteiger partial charge in [-0.3, -0.25) is 28.1 Å². The normalized spacial score (nSPS) is 11.7. The number of hydrogen-bond donors (Lipinski definition) is 0. The number of carbonyl (C=O) groups is 1. The Balaban J connectivity index is 2.23. The van der Waals surface area contributed by atoms with Crippen molar-refractivity contribution in [3.63, 3.8) is 0 Å². The summed E-state index contributed by atoms with van der Waals surface area (Å²) in [5.41, 5.74) is 0.840. The van der Waals surface area contributed by atoms with Crippen LogP contribution in [0.15, 0.2) is 39.0 Å². The molecule has 33 heavy (non-hydrogen) atoms. The van der Waals surface area contributed by atoms with E-state index in [0.717, 1.165) is 20.7 Å². The van der Waals surface area contributed by atoms with E-state index in [1.165, 1.54) is 44.3 Å². The van der Waals surface area contributed by atoms with Crippen LogP contribution >= 0.6 is 23.1 Å². The molecule has 3 heterocycles. The Hall–Kier alpha value is -2.89. The van der Waals surface area contributed by atoms with Crippen molar-refractivity contribution < 1.29 is 9.63 Å². The van der Waals surface area contributed by atoms with E-state index in [1.54, 1.807) is 4.57 Å². The molecule has 0 aliphatic heterocycles. The summed E-state index contributed by atoms with van der Waals surface area (Å²) in [5, 5.41) is 2.49. The zero-order valence-corrected chi connectivity index (χ0v) is 20.9. The standard InChI is InChI=1S/C22H25N5O4S2/c1-12(2)11-26-19-15(17(28)24(3)22(26)30)16(18(29)25(4)31-5)20(33-19)27-14-10-8-7-9-13(14)23-21(27)32-6/h7-10,12H,11H2,1-6H3. The van der Waals surface area contributed by atoms with Gasteiger partial charge in [-0.25, -0.2) is 14.8 Å². The monoisotopic (exact) mass is 487 g/mol. The maximum atomic E-state index is 13.5. The van der Waals surface area contributed by atoms with Gasteiger partial charge in [-0.15, -0.1) is 0 Å². The quantitative estimate of drug-likeness (QED) is 0.307. The van der Waals surface area contributed by atoms with Gasteiger partial charge in [-0.1, -0.05) is 49.1 Å². The lowest BCUT2D eigenvalue weighted by Gasteiger charge is -2.15. The minimum absolute atomic E-state index is 0.158. The number of nitrogens with zero attached hydrogens (tertiary/aromatic N) is 5. The van der Waals surface area contributed by atoms with Crippen LogP contribution in [0, 0.1) is 5.92 Å². The molecule has 0 bridgehead atoms. The zero-order chi connectivity index (χ0) is 24.0. The minimum Gasteiger partial charge on any atom is -0.284 e. The Labute approximate surface area is 198 Å². The van der Waals surface area contributed by atoms with Crippen LogP contribution in [0.2, 0.25) is 0 Å². The highest BCUT2D eigenvalue weighted by molar-refractivity contribution is 7.98. The molecular weight excluding hydrogens is 462 g/mol. The Bertz CT molecular complexity index is 1490. The molecule has 1 aromatic carbocycles. The van der Waals surface area contributed by atoms with Crippen molar-refractivity contribution in [1.82, 2.24) is 23.7 Å². The molecule has 0 aliphatic carbocycles. The molecule has 0 fully saturated rings. The molecule has 0 N–H and O–H groups in total. The van der Waals surface area contributed by atoms with Crippen molar-refractivity contribution in [1.29, 1.82) is 0 Å². The number of thiophene rings is 1. The lowest BCUT2D eigenvalue weighted by molar-refractivity contribution is -0.0755. The summed E-state index contributed by atoms with van der Waals surface area (Å²) < 4.78 is 4.52. The summed E-state index contributed by atoms with van der Waals surface area (Å²) in [6.07, 6.45) is 1.90. The molecule has 0 atom stereocenters. The van der Waals surface area contributed by atoms with Crippen molar-refractivity contribution in [2.75, 3.05) is 20.4 Å². The Morgan fingerprint density at radius 3 is 2.61 bits per heavy atom. The van der Waals surface area contributed by atoms with E-state index in [-0.39, 0.29) is 16.9 Å². The zero-order valence-electron chi connectivity index (χ0n) is 19.3. The number of amides is 1. The van der Waals surface area contributed by atoms with Gasteiger partial charge in [0.25, 0.3) is 11.5 Å². The number of para-hydroxylation sites is 2. The van der Waals surface area contributed by atoms with E-state index in [0.29, 0.717) is 21.5 Å². The maximum Gasteiger partial charge on any atom is 0.331 e. The first-order valence-electron chi connectivity index (χ1n) is 10.3. The van der Waals surface area contributed by atoms with Gasteiger partial charge >= 0.3 is 5.69 Å². The lowest BCUT2D eigenvalue weighted by Crippen LogP contribution is -2.39. The second kappa shape index (κ2) is 8.81. The first kappa shape index (κ1) is 23.3. The molecule has 174 valence electrons. The Morgan fingerprint density at radius 2 is 1.97 bits per heavy atom. The molecule has 4 rings (SSSR count). The Kier molecular flexibility index (Phi) is 6.21. The van der Waals surface area contributed by atoms with Gasteiger partial charge < -0.3 is 0 Å². The number of benzene rings is 1. The second-order valence-corrected chi connectivity index (χ2v) is 9.77. The van der Waals surface area contributed by atoms with Gasteiger partial charge in [-0.2, -0.15) is 0 Å². The molecule has 4 aromatic rings. The molecule has 0 aliphatic rings. The average molecular weight is 488 g/mol. The summed E-state index contributed by atoms with van der Waals surface area (Å²) >= 11 is 2.68. The number of imidazole rings is 1. The van der Waals surface area contributed by atoms with Crippen LogP contribution in [0.1, 0.15) is 24.2 Å². The highest BCUT2D eigenvalue weighted by atomic mass is 32.2. The number of fused-ring (bicyclic) bond motifs is 2. The van der Waals surface area contributed by atoms with E-state index < -0.39 is 17.2 Å². The third kappa shape index (κ3) is 3.69. The first-order chi connectivity index (χ1) is 15.7. The third-order valence-electron chi connectivity index (χ3n) is 5.39. The number of carbonyl (C=O) groups excluding carboxylic acids is 1. The highest BCUT2D eigenvalue weighted by Crippen LogP contribution is 2.37. The van der Waals surface area contributed by atoms with Crippen LogP contribution in [0.4, 0.5) is 0 Å². The van der Waals surface area contributed by atoms with E-state index in [1.807, 2.05) is 48.9 Å². The molecule has 0 saturated carbocycles. The summed E-state index contributed by atoms with van der Waals surface area (Å²) in [4.78, 5) is 50.2. The molecule has 0 saturated heterocycles. The molecule has 11 heteroatoms. The van der Waals surface area contributed by atoms with Crippen molar-refractivity contribution in [3.05, 3.63) is 50.7 Å². The van der Waals surface area contributed by atoms with Crippen LogP contribution in [0.5, 0.6) is 0 Å². The van der Waals surface area contributed by atoms with E-state index in [2.05, 4.69) is 0 Å². The first-order valence-corrected chi connectivity index (χ1v) is 12.4. The van der Waals surface area contributed by atoms with Crippen LogP contribution in [-0.4, -0.2) is 50.1 Å². The van der Waals surface area contributed by atoms with Crippen molar-refractivity contribution in [2.45, 2.75) is 25.5 Å². The smallest absolute Gasteiger partial charge is 0.284 e. The van der Waals surface area contributed by atoms with Crippen LogP contribution in [0.3, 0.4) is 0 Å². The van der Waals surface area contributed by atoms with Gasteiger partial charge in [0.2, 0.25) is 0 Å². The molecule has 0 radical (unpaired) electrons. The topological polar surface area (TPSA) is 91.4 Å². The minimum atomic E-state index is -0.513. The molecule has 0 unspecified atom stereocenters. The SMILES string of the molecule is CON(C)C(=O)c1c(-n2c(SC)nc3ccccc32)sc2c1c(=O)n(C)c(=O)n2CC(C)C. The fourth-order valence-electron chi connectivity index (χ4n) is 3.78. The van der Waals surface area contributed by atoms with E-state index >= 15 is 0 Å². The maximum absolute atomic E-state index is 13.5. The van der Waals surface area contributed by atoms with Crippen molar-refractivity contribution in [3.8, 4) is 5.00 Å². The van der Waals surface area contributed by atoms with E-state index in [9.17, 15) is 14.4 Å². The predicted molar refractivity (Wildman–Crippen MR) is 132 cm³/mol. The molecular formula is C22H25N5O4S2. The lowest BCUT2D eigenvalue weighted by atomic mass is 10.2. The van der Waals surface area contributed by atoms with Gasteiger partial charge in [0.1, 0.15) is 9.83 Å². The highest BCUT2D eigenvalue weighted by Gasteiger charge is 2.30. The predicted octanol–water partition coefficient (Wildman–Crippen LogP) is 3.11.